The Labute approximate surface area is 124 Å². The van der Waals surface area contributed by atoms with Crippen LogP contribution in [0, 0.1) is 12.7 Å². The number of nitrogens with one attached hydrogen (secondary N) is 2. The first-order valence-corrected chi connectivity index (χ1v) is 6.85. The molecule has 4 heteroatoms. The summed E-state index contributed by atoms with van der Waals surface area (Å²) in [4.78, 5) is 0. The van der Waals surface area contributed by atoms with E-state index in [4.69, 9.17) is 12.2 Å². The molecule has 0 aliphatic carbocycles. The second kappa shape index (κ2) is 6.48. The van der Waals surface area contributed by atoms with E-state index in [2.05, 4.69) is 34.9 Å². The fourth-order valence-corrected chi connectivity index (χ4v) is 2.14. The van der Waals surface area contributed by atoms with Crippen LogP contribution < -0.4 is 10.6 Å². The van der Waals surface area contributed by atoms with E-state index in [-0.39, 0.29) is 11.9 Å². The van der Waals surface area contributed by atoms with Crippen molar-refractivity contribution < 1.29 is 4.39 Å². The van der Waals surface area contributed by atoms with Crippen LogP contribution in [0.3, 0.4) is 0 Å². The van der Waals surface area contributed by atoms with Crippen molar-refractivity contribution in [1.82, 2.24) is 5.32 Å². The molecule has 0 radical (unpaired) electrons. The van der Waals surface area contributed by atoms with Crippen LogP contribution in [0.25, 0.3) is 0 Å². The van der Waals surface area contributed by atoms with E-state index in [0.29, 0.717) is 10.8 Å². The summed E-state index contributed by atoms with van der Waals surface area (Å²) in [6, 6.07) is 14.7. The molecule has 0 heterocycles. The molecule has 0 aromatic heterocycles. The molecule has 0 unspecified atom stereocenters. The standard InChI is InChI=1S/C16H17FN2S/c1-11-7-9-13(10-8-11)12(2)18-16(20)19-15-6-4-3-5-14(15)17/h3-10,12H,1-2H3,(H2,18,19,20)/t12-/m0/s1. The molecule has 104 valence electrons. The van der Waals surface area contributed by atoms with E-state index >= 15 is 0 Å². The number of aryl methyl sites for hydroxylation is 1. The normalized spacial score (nSPS) is 11.8. The molecule has 0 amide bonds. The zero-order chi connectivity index (χ0) is 14.5. The highest BCUT2D eigenvalue weighted by Gasteiger charge is 2.08. The molecule has 2 rings (SSSR count). The predicted molar refractivity (Wildman–Crippen MR) is 85.4 cm³/mol. The first kappa shape index (κ1) is 14.5. The molecule has 0 saturated carbocycles. The van der Waals surface area contributed by atoms with Gasteiger partial charge in [-0.25, -0.2) is 4.39 Å². The molecule has 2 N–H and O–H groups in total. The largest absolute Gasteiger partial charge is 0.356 e. The summed E-state index contributed by atoms with van der Waals surface area (Å²) in [6.07, 6.45) is 0. The van der Waals surface area contributed by atoms with Gasteiger partial charge in [0.05, 0.1) is 11.7 Å². The quantitative estimate of drug-likeness (QED) is 0.828. The van der Waals surface area contributed by atoms with E-state index in [1.807, 2.05) is 13.8 Å². The zero-order valence-corrected chi connectivity index (χ0v) is 12.3. The van der Waals surface area contributed by atoms with Crippen molar-refractivity contribution >= 4 is 23.0 Å². The van der Waals surface area contributed by atoms with Crippen LogP contribution in [0.15, 0.2) is 48.5 Å². The highest BCUT2D eigenvalue weighted by Crippen LogP contribution is 2.15. The van der Waals surface area contributed by atoms with Gasteiger partial charge < -0.3 is 10.6 Å². The maximum absolute atomic E-state index is 13.5. The summed E-state index contributed by atoms with van der Waals surface area (Å²) in [6.45, 7) is 4.06. The van der Waals surface area contributed by atoms with E-state index in [0.717, 1.165) is 5.56 Å². The van der Waals surface area contributed by atoms with Crippen LogP contribution in [-0.2, 0) is 0 Å². The molecule has 2 aromatic rings. The van der Waals surface area contributed by atoms with Crippen molar-refractivity contribution in [3.63, 3.8) is 0 Å². The molecule has 0 bridgehead atoms. The van der Waals surface area contributed by atoms with Crippen LogP contribution >= 0.6 is 12.2 Å². The Morgan fingerprint density at radius 3 is 2.40 bits per heavy atom. The second-order valence-electron chi connectivity index (χ2n) is 4.71. The Morgan fingerprint density at radius 2 is 1.75 bits per heavy atom. The van der Waals surface area contributed by atoms with Gasteiger partial charge >= 0.3 is 0 Å². The lowest BCUT2D eigenvalue weighted by Crippen LogP contribution is -2.31. The summed E-state index contributed by atoms with van der Waals surface area (Å²) >= 11 is 5.21. The Morgan fingerprint density at radius 1 is 1.10 bits per heavy atom. The number of rotatable bonds is 3. The number of thiocarbonyl (C=S) groups is 1. The fraction of sp³-hybridized carbons (Fsp3) is 0.188. The lowest BCUT2D eigenvalue weighted by atomic mass is 10.1. The third kappa shape index (κ3) is 3.78. The van der Waals surface area contributed by atoms with E-state index in [1.165, 1.54) is 11.6 Å². The zero-order valence-electron chi connectivity index (χ0n) is 11.5. The average molecular weight is 288 g/mol. The number of hydrogen-bond acceptors (Lipinski definition) is 1. The summed E-state index contributed by atoms with van der Waals surface area (Å²) in [7, 11) is 0. The summed E-state index contributed by atoms with van der Waals surface area (Å²) < 4.78 is 13.5. The average Bonchev–Trinajstić information content (AvgIpc) is 2.42. The van der Waals surface area contributed by atoms with Crippen molar-refractivity contribution in [3.05, 3.63) is 65.5 Å². The second-order valence-corrected chi connectivity index (χ2v) is 5.12. The number of anilines is 1. The van der Waals surface area contributed by atoms with E-state index in [1.54, 1.807) is 18.2 Å². The van der Waals surface area contributed by atoms with Crippen LogP contribution in [0.5, 0.6) is 0 Å². The third-order valence-electron chi connectivity index (χ3n) is 3.05. The minimum Gasteiger partial charge on any atom is -0.356 e. The molecule has 0 aliphatic heterocycles. The number of para-hydroxylation sites is 1. The Hall–Kier alpha value is -1.94. The van der Waals surface area contributed by atoms with E-state index in [9.17, 15) is 4.39 Å². The van der Waals surface area contributed by atoms with Gasteiger partial charge in [-0.3, -0.25) is 0 Å². The van der Waals surface area contributed by atoms with Crippen LogP contribution in [0.4, 0.5) is 10.1 Å². The van der Waals surface area contributed by atoms with Gasteiger partial charge in [0.15, 0.2) is 5.11 Å². The van der Waals surface area contributed by atoms with Gasteiger partial charge in [0.25, 0.3) is 0 Å². The number of benzene rings is 2. The topological polar surface area (TPSA) is 24.1 Å². The molecule has 0 saturated heterocycles. The minimum absolute atomic E-state index is 0.0578. The molecular formula is C16H17FN2S. The van der Waals surface area contributed by atoms with Gasteiger partial charge in [-0.15, -0.1) is 0 Å². The molecule has 1 atom stereocenters. The fourth-order valence-electron chi connectivity index (χ4n) is 1.86. The first-order valence-electron chi connectivity index (χ1n) is 6.45. The van der Waals surface area contributed by atoms with Gasteiger partial charge in [0.2, 0.25) is 0 Å². The predicted octanol–water partition coefficient (Wildman–Crippen LogP) is 4.18. The lowest BCUT2D eigenvalue weighted by molar-refractivity contribution is 0.631. The molecular weight excluding hydrogens is 271 g/mol. The van der Waals surface area contributed by atoms with Crippen molar-refractivity contribution in [1.29, 1.82) is 0 Å². The minimum atomic E-state index is -0.320. The van der Waals surface area contributed by atoms with Crippen molar-refractivity contribution in [2.75, 3.05) is 5.32 Å². The van der Waals surface area contributed by atoms with E-state index < -0.39 is 0 Å². The molecule has 20 heavy (non-hydrogen) atoms. The van der Waals surface area contributed by atoms with Crippen LogP contribution in [0.2, 0.25) is 0 Å². The summed E-state index contributed by atoms with van der Waals surface area (Å²) in [5.41, 5.74) is 2.72. The first-order chi connectivity index (χ1) is 9.56. The maximum atomic E-state index is 13.5. The van der Waals surface area contributed by atoms with Gasteiger partial charge in [-0.2, -0.15) is 0 Å². The van der Waals surface area contributed by atoms with Crippen LogP contribution in [-0.4, -0.2) is 5.11 Å². The molecule has 2 nitrogen and oxygen atoms in total. The third-order valence-corrected chi connectivity index (χ3v) is 3.27. The van der Waals surface area contributed by atoms with Gasteiger partial charge in [0.1, 0.15) is 5.82 Å². The van der Waals surface area contributed by atoms with Crippen molar-refractivity contribution in [2.45, 2.75) is 19.9 Å². The molecule has 0 spiro atoms. The Bertz CT molecular complexity index is 596. The van der Waals surface area contributed by atoms with Crippen LogP contribution in [0.1, 0.15) is 24.1 Å². The molecule has 0 fully saturated rings. The highest BCUT2D eigenvalue weighted by molar-refractivity contribution is 7.80. The number of halogens is 1. The Balaban J connectivity index is 1.98. The molecule has 2 aromatic carbocycles. The van der Waals surface area contributed by atoms with Crippen molar-refractivity contribution in [3.8, 4) is 0 Å². The van der Waals surface area contributed by atoms with Gasteiger partial charge in [0, 0.05) is 0 Å². The SMILES string of the molecule is Cc1ccc([C@H](C)NC(=S)Nc2ccccc2F)cc1. The number of hydrogen-bond donors (Lipinski definition) is 2. The van der Waals surface area contributed by atoms with Gasteiger partial charge in [-0.05, 0) is 43.8 Å². The monoisotopic (exact) mass is 288 g/mol. The summed E-state index contributed by atoms with van der Waals surface area (Å²) in [5, 5.41) is 6.42. The summed E-state index contributed by atoms with van der Waals surface area (Å²) in [5.74, 6) is -0.320. The smallest absolute Gasteiger partial charge is 0.171 e. The molecule has 0 aliphatic rings. The maximum Gasteiger partial charge on any atom is 0.171 e. The van der Waals surface area contributed by atoms with Gasteiger partial charge in [-0.1, -0.05) is 42.0 Å². The Kier molecular flexibility index (Phi) is 4.69. The highest BCUT2D eigenvalue weighted by atomic mass is 32.1. The van der Waals surface area contributed by atoms with Crippen molar-refractivity contribution in [2.24, 2.45) is 0 Å². The lowest BCUT2D eigenvalue weighted by Gasteiger charge is -2.17.